The third-order valence-corrected chi connectivity index (χ3v) is 4.04. The number of rotatable bonds is 4. The van der Waals surface area contributed by atoms with Crippen molar-refractivity contribution in [3.05, 3.63) is 90.2 Å². The van der Waals surface area contributed by atoms with Crippen LogP contribution in [-0.2, 0) is 6.54 Å². The van der Waals surface area contributed by atoms with Crippen LogP contribution in [0, 0.1) is 5.82 Å². The Morgan fingerprint density at radius 2 is 1.48 bits per heavy atom. The van der Waals surface area contributed by atoms with Gasteiger partial charge in [-0.1, -0.05) is 60.7 Å². The van der Waals surface area contributed by atoms with Crippen LogP contribution in [0.5, 0.6) is 0 Å². The number of anilines is 1. The first-order valence-electron chi connectivity index (χ1n) is 8.11. The lowest BCUT2D eigenvalue weighted by atomic mass is 10.1. The highest BCUT2D eigenvalue weighted by Gasteiger charge is 2.09. The van der Waals surface area contributed by atoms with Crippen LogP contribution in [-0.4, -0.2) is 9.97 Å². The van der Waals surface area contributed by atoms with Crippen LogP contribution in [0.1, 0.15) is 5.56 Å². The van der Waals surface area contributed by atoms with E-state index in [1.165, 1.54) is 6.07 Å². The standard InChI is InChI=1S/C21H16FN3/c22-18-12-6-4-10-16(18)14-23-21-17-11-5-7-13-19(17)24-20(25-21)15-8-2-1-3-9-15/h1-13H,14H2,(H,23,24,25). The van der Waals surface area contributed by atoms with Crippen molar-refractivity contribution < 1.29 is 4.39 Å². The van der Waals surface area contributed by atoms with Crippen molar-refractivity contribution in [1.82, 2.24) is 9.97 Å². The minimum Gasteiger partial charge on any atom is -0.365 e. The maximum Gasteiger partial charge on any atom is 0.162 e. The molecular weight excluding hydrogens is 313 g/mol. The van der Waals surface area contributed by atoms with Crippen molar-refractivity contribution in [2.75, 3.05) is 5.32 Å². The van der Waals surface area contributed by atoms with Gasteiger partial charge in [-0.05, 0) is 18.2 Å². The van der Waals surface area contributed by atoms with Gasteiger partial charge in [-0.15, -0.1) is 0 Å². The maximum absolute atomic E-state index is 13.9. The lowest BCUT2D eigenvalue weighted by molar-refractivity contribution is 0.613. The van der Waals surface area contributed by atoms with Crippen LogP contribution in [0.3, 0.4) is 0 Å². The highest BCUT2D eigenvalue weighted by atomic mass is 19.1. The molecule has 3 aromatic carbocycles. The van der Waals surface area contributed by atoms with Crippen LogP contribution in [0.2, 0.25) is 0 Å². The van der Waals surface area contributed by atoms with E-state index in [0.717, 1.165) is 16.5 Å². The molecule has 1 heterocycles. The molecule has 0 fully saturated rings. The van der Waals surface area contributed by atoms with Gasteiger partial charge in [-0.25, -0.2) is 14.4 Å². The van der Waals surface area contributed by atoms with Crippen LogP contribution in [0.25, 0.3) is 22.3 Å². The summed E-state index contributed by atoms with van der Waals surface area (Å²) < 4.78 is 13.9. The Bertz CT molecular complexity index is 1020. The van der Waals surface area contributed by atoms with Crippen molar-refractivity contribution in [3.8, 4) is 11.4 Å². The number of halogens is 1. The number of nitrogens with zero attached hydrogens (tertiary/aromatic N) is 2. The molecule has 0 saturated carbocycles. The number of hydrogen-bond donors (Lipinski definition) is 1. The number of aromatic nitrogens is 2. The Kier molecular flexibility index (Phi) is 4.09. The minimum absolute atomic E-state index is 0.225. The fourth-order valence-electron chi connectivity index (χ4n) is 2.75. The molecule has 4 rings (SSSR count). The summed E-state index contributed by atoms with van der Waals surface area (Å²) in [5.74, 6) is 1.12. The van der Waals surface area contributed by atoms with E-state index in [1.807, 2.05) is 60.7 Å². The minimum atomic E-state index is -0.225. The lowest BCUT2D eigenvalue weighted by Crippen LogP contribution is -2.05. The van der Waals surface area contributed by atoms with Crippen LogP contribution in [0.4, 0.5) is 10.2 Å². The van der Waals surface area contributed by atoms with E-state index in [1.54, 1.807) is 12.1 Å². The van der Waals surface area contributed by atoms with Crippen molar-refractivity contribution in [3.63, 3.8) is 0 Å². The van der Waals surface area contributed by atoms with Crippen LogP contribution < -0.4 is 5.32 Å². The van der Waals surface area contributed by atoms with E-state index >= 15 is 0 Å². The quantitative estimate of drug-likeness (QED) is 0.569. The Morgan fingerprint density at radius 1 is 0.760 bits per heavy atom. The molecule has 0 aliphatic heterocycles. The summed E-state index contributed by atoms with van der Waals surface area (Å²) in [5, 5.41) is 4.18. The van der Waals surface area contributed by atoms with E-state index < -0.39 is 0 Å². The zero-order valence-corrected chi connectivity index (χ0v) is 13.5. The van der Waals surface area contributed by atoms with Gasteiger partial charge in [0.25, 0.3) is 0 Å². The highest BCUT2D eigenvalue weighted by Crippen LogP contribution is 2.25. The van der Waals surface area contributed by atoms with Crippen LogP contribution >= 0.6 is 0 Å². The molecule has 0 spiro atoms. The molecular formula is C21H16FN3. The molecule has 0 saturated heterocycles. The molecule has 4 heteroatoms. The fourth-order valence-corrected chi connectivity index (χ4v) is 2.75. The first kappa shape index (κ1) is 15.3. The highest BCUT2D eigenvalue weighted by molar-refractivity contribution is 5.90. The van der Waals surface area contributed by atoms with Gasteiger partial charge in [0.2, 0.25) is 0 Å². The van der Waals surface area contributed by atoms with E-state index in [2.05, 4.69) is 15.3 Å². The first-order chi connectivity index (χ1) is 12.3. The molecule has 0 amide bonds. The zero-order chi connectivity index (χ0) is 17.1. The average molecular weight is 329 g/mol. The molecule has 3 nitrogen and oxygen atoms in total. The summed E-state index contributed by atoms with van der Waals surface area (Å²) in [6, 6.07) is 24.4. The molecule has 0 atom stereocenters. The van der Waals surface area contributed by atoms with Gasteiger partial charge in [0.05, 0.1) is 5.52 Å². The molecule has 1 N–H and O–H groups in total. The second kappa shape index (κ2) is 6.69. The summed E-state index contributed by atoms with van der Waals surface area (Å²) in [7, 11) is 0. The fraction of sp³-hybridized carbons (Fsp3) is 0.0476. The average Bonchev–Trinajstić information content (AvgIpc) is 2.67. The van der Waals surface area contributed by atoms with Crippen LogP contribution in [0.15, 0.2) is 78.9 Å². The molecule has 0 aliphatic rings. The van der Waals surface area contributed by atoms with Crippen molar-refractivity contribution in [2.45, 2.75) is 6.54 Å². The van der Waals surface area contributed by atoms with Gasteiger partial charge in [0.15, 0.2) is 5.82 Å². The molecule has 0 aliphatic carbocycles. The van der Waals surface area contributed by atoms with Gasteiger partial charge in [0, 0.05) is 23.1 Å². The van der Waals surface area contributed by atoms with E-state index in [9.17, 15) is 4.39 Å². The van der Waals surface area contributed by atoms with Crippen molar-refractivity contribution in [2.24, 2.45) is 0 Å². The molecule has 25 heavy (non-hydrogen) atoms. The Balaban J connectivity index is 1.75. The topological polar surface area (TPSA) is 37.8 Å². The monoisotopic (exact) mass is 329 g/mol. The van der Waals surface area contributed by atoms with Crippen molar-refractivity contribution in [1.29, 1.82) is 0 Å². The maximum atomic E-state index is 13.9. The normalized spacial score (nSPS) is 10.8. The van der Waals surface area contributed by atoms with Gasteiger partial charge in [-0.2, -0.15) is 0 Å². The predicted octanol–water partition coefficient (Wildman–Crippen LogP) is 5.05. The summed E-state index contributed by atoms with van der Waals surface area (Å²) in [6.07, 6.45) is 0. The first-order valence-corrected chi connectivity index (χ1v) is 8.11. The molecule has 0 unspecified atom stereocenters. The number of benzene rings is 3. The second-order valence-corrected chi connectivity index (χ2v) is 5.72. The number of fused-ring (bicyclic) bond motifs is 1. The zero-order valence-electron chi connectivity index (χ0n) is 13.5. The van der Waals surface area contributed by atoms with Gasteiger partial charge in [0.1, 0.15) is 11.6 Å². The largest absolute Gasteiger partial charge is 0.365 e. The Morgan fingerprint density at radius 3 is 2.32 bits per heavy atom. The third-order valence-electron chi connectivity index (χ3n) is 4.04. The summed E-state index contributed by atoms with van der Waals surface area (Å²) >= 11 is 0. The van der Waals surface area contributed by atoms with Crippen molar-refractivity contribution >= 4 is 16.7 Å². The smallest absolute Gasteiger partial charge is 0.162 e. The lowest BCUT2D eigenvalue weighted by Gasteiger charge is -2.11. The molecule has 1 aromatic heterocycles. The Labute approximate surface area is 145 Å². The number of hydrogen-bond acceptors (Lipinski definition) is 3. The second-order valence-electron chi connectivity index (χ2n) is 5.72. The third kappa shape index (κ3) is 3.19. The molecule has 0 bridgehead atoms. The number of para-hydroxylation sites is 1. The molecule has 0 radical (unpaired) electrons. The van der Waals surface area contributed by atoms with Gasteiger partial charge >= 0.3 is 0 Å². The summed E-state index contributed by atoms with van der Waals surface area (Å²) in [4.78, 5) is 9.32. The number of nitrogens with one attached hydrogen (secondary N) is 1. The van der Waals surface area contributed by atoms with Gasteiger partial charge < -0.3 is 5.32 Å². The molecule has 122 valence electrons. The SMILES string of the molecule is Fc1ccccc1CNc1nc(-c2ccccc2)nc2ccccc12. The van der Waals surface area contributed by atoms with E-state index in [-0.39, 0.29) is 5.82 Å². The summed E-state index contributed by atoms with van der Waals surface area (Å²) in [5.41, 5.74) is 2.40. The summed E-state index contributed by atoms with van der Waals surface area (Å²) in [6.45, 7) is 0.363. The van der Waals surface area contributed by atoms with E-state index in [0.29, 0.717) is 23.8 Å². The predicted molar refractivity (Wildman–Crippen MR) is 98.7 cm³/mol. The molecule has 4 aromatic rings. The van der Waals surface area contributed by atoms with Gasteiger partial charge in [-0.3, -0.25) is 0 Å². The van der Waals surface area contributed by atoms with E-state index in [4.69, 9.17) is 0 Å². The Hall–Kier alpha value is -3.27.